The number of imidazole rings is 1. The van der Waals surface area contributed by atoms with Crippen LogP contribution in [-0.4, -0.2) is 52.1 Å². The Labute approximate surface area is 196 Å². The first-order valence-electron chi connectivity index (χ1n) is 11.1. The number of anilines is 1. The highest BCUT2D eigenvalue weighted by Crippen LogP contribution is 2.37. The fourth-order valence-electron chi connectivity index (χ4n) is 4.64. The molecule has 34 heavy (non-hydrogen) atoms. The Balaban J connectivity index is 1.60. The van der Waals surface area contributed by atoms with E-state index in [1.54, 1.807) is 48.7 Å². The molecule has 1 fully saturated rings. The number of hydrogen-bond donors (Lipinski definition) is 2. The second-order valence-corrected chi connectivity index (χ2v) is 8.38. The van der Waals surface area contributed by atoms with Gasteiger partial charge >= 0.3 is 12.2 Å². The number of rotatable bonds is 5. The fraction of sp³-hybridized carbons (Fsp3) is 0.375. The fourth-order valence-corrected chi connectivity index (χ4v) is 4.64. The maximum atomic E-state index is 13.6. The van der Waals surface area contributed by atoms with Crippen LogP contribution >= 0.6 is 0 Å². The molecule has 1 aliphatic heterocycles. The Kier molecular flexibility index (Phi) is 6.87. The summed E-state index contributed by atoms with van der Waals surface area (Å²) in [4.78, 5) is 27.7. The number of carbonyl (C=O) groups is 1. The van der Waals surface area contributed by atoms with Crippen molar-refractivity contribution < 1.29 is 18.0 Å². The smallest absolute Gasteiger partial charge is 0.347 e. The zero-order chi connectivity index (χ0) is 24.3. The Morgan fingerprint density at radius 2 is 1.88 bits per heavy atom. The maximum Gasteiger partial charge on any atom is 0.416 e. The van der Waals surface area contributed by atoms with Crippen LogP contribution in [0.25, 0.3) is 0 Å². The van der Waals surface area contributed by atoms with Crippen molar-refractivity contribution in [2.75, 3.05) is 25.0 Å². The third-order valence-electron chi connectivity index (χ3n) is 6.30. The van der Waals surface area contributed by atoms with Gasteiger partial charge in [-0.1, -0.05) is 12.1 Å². The van der Waals surface area contributed by atoms with Crippen molar-refractivity contribution in [2.45, 2.75) is 38.0 Å². The number of carbonyl (C=O) groups excluding carboxylic acids is 1. The minimum Gasteiger partial charge on any atom is -0.347 e. The number of aromatic nitrogens is 3. The number of nitrogens with one attached hydrogen (secondary N) is 2. The molecule has 2 aromatic heterocycles. The van der Waals surface area contributed by atoms with Gasteiger partial charge in [0.15, 0.2) is 0 Å². The van der Waals surface area contributed by atoms with Crippen molar-refractivity contribution >= 4 is 11.7 Å². The minimum absolute atomic E-state index is 0.0511. The quantitative estimate of drug-likeness (QED) is 0.572. The first kappa shape index (κ1) is 23.7. The monoisotopic (exact) mass is 472 g/mol. The summed E-state index contributed by atoms with van der Waals surface area (Å²) in [5, 5.41) is 2.70. The molecule has 3 aromatic rings. The normalized spacial score (nSPS) is 16.3. The molecular weight excluding hydrogens is 445 g/mol. The number of pyridine rings is 1. The number of H-pyrrole nitrogens is 1. The van der Waals surface area contributed by atoms with Gasteiger partial charge in [0, 0.05) is 50.5 Å². The standard InChI is InChI=1S/C24H27F3N6O/c1-16-3-4-17(13-20(16)24(25,26)27)22(21-14-30-15-31-21)32-11-7-19(8-12-32)33(23(34)28-2)18-5-9-29-10-6-18/h3-6,9-10,13-15,19,22H,7-8,11-12H2,1-2H3,(H,28,34)(H,30,31). The molecule has 180 valence electrons. The van der Waals surface area contributed by atoms with Crippen molar-refractivity contribution in [3.05, 3.63) is 77.6 Å². The lowest BCUT2D eigenvalue weighted by atomic mass is 9.94. The number of nitrogens with zero attached hydrogens (tertiary/aromatic N) is 4. The van der Waals surface area contributed by atoms with E-state index in [1.807, 2.05) is 0 Å². The van der Waals surface area contributed by atoms with Gasteiger partial charge < -0.3 is 10.3 Å². The minimum atomic E-state index is -4.43. The molecule has 1 aliphatic rings. The number of urea groups is 1. The molecule has 2 amide bonds. The van der Waals surface area contributed by atoms with Crippen LogP contribution in [0.3, 0.4) is 0 Å². The SMILES string of the molecule is CNC(=O)N(c1ccncc1)C1CCN(C(c2ccc(C)c(C(F)(F)F)c2)c2cnc[nH]2)CC1. The number of piperidine rings is 1. The van der Waals surface area contributed by atoms with Gasteiger partial charge in [-0.05, 0) is 49.1 Å². The average Bonchev–Trinajstić information content (AvgIpc) is 3.35. The van der Waals surface area contributed by atoms with Gasteiger partial charge in [0.25, 0.3) is 0 Å². The van der Waals surface area contributed by atoms with Gasteiger partial charge in [-0.2, -0.15) is 13.2 Å². The first-order valence-corrected chi connectivity index (χ1v) is 11.1. The van der Waals surface area contributed by atoms with Crippen molar-refractivity contribution in [3.63, 3.8) is 0 Å². The summed E-state index contributed by atoms with van der Waals surface area (Å²) in [5.74, 6) is 0. The highest BCUT2D eigenvalue weighted by molar-refractivity contribution is 5.92. The number of hydrogen-bond acceptors (Lipinski definition) is 4. The van der Waals surface area contributed by atoms with E-state index >= 15 is 0 Å². The Hall–Kier alpha value is -3.40. The summed E-state index contributed by atoms with van der Waals surface area (Å²) in [5.41, 5.74) is 1.60. The number of halogens is 3. The topological polar surface area (TPSA) is 77.2 Å². The second-order valence-electron chi connectivity index (χ2n) is 8.38. The number of likely N-dealkylation sites (tertiary alicyclic amines) is 1. The lowest BCUT2D eigenvalue weighted by Gasteiger charge is -2.41. The van der Waals surface area contributed by atoms with E-state index in [9.17, 15) is 18.0 Å². The number of amides is 2. The lowest BCUT2D eigenvalue weighted by Crippen LogP contribution is -2.51. The molecule has 10 heteroatoms. The second kappa shape index (κ2) is 9.84. The van der Waals surface area contributed by atoms with Crippen molar-refractivity contribution in [3.8, 4) is 0 Å². The highest BCUT2D eigenvalue weighted by atomic mass is 19.4. The first-order chi connectivity index (χ1) is 16.3. The van der Waals surface area contributed by atoms with E-state index in [2.05, 4.69) is 25.2 Å². The summed E-state index contributed by atoms with van der Waals surface area (Å²) < 4.78 is 40.8. The van der Waals surface area contributed by atoms with E-state index < -0.39 is 17.8 Å². The molecule has 0 spiro atoms. The molecule has 0 aliphatic carbocycles. The van der Waals surface area contributed by atoms with E-state index in [0.717, 1.165) is 11.4 Å². The molecule has 2 N–H and O–H groups in total. The van der Waals surface area contributed by atoms with Crippen molar-refractivity contribution in [1.82, 2.24) is 25.2 Å². The van der Waals surface area contributed by atoms with Gasteiger partial charge in [0.1, 0.15) is 0 Å². The molecular formula is C24H27F3N6O. The van der Waals surface area contributed by atoms with Crippen molar-refractivity contribution in [2.24, 2.45) is 0 Å². The van der Waals surface area contributed by atoms with Crippen LogP contribution in [0.5, 0.6) is 0 Å². The number of benzene rings is 1. The summed E-state index contributed by atoms with van der Waals surface area (Å²) >= 11 is 0. The van der Waals surface area contributed by atoms with Crippen molar-refractivity contribution in [1.29, 1.82) is 0 Å². The maximum absolute atomic E-state index is 13.6. The largest absolute Gasteiger partial charge is 0.416 e. The molecule has 0 saturated carbocycles. The van der Waals surface area contributed by atoms with Gasteiger partial charge in [0.2, 0.25) is 0 Å². The molecule has 1 aromatic carbocycles. The summed E-state index contributed by atoms with van der Waals surface area (Å²) in [6.07, 6.45) is 3.37. The zero-order valence-electron chi connectivity index (χ0n) is 19.0. The third-order valence-corrected chi connectivity index (χ3v) is 6.30. The molecule has 0 bridgehead atoms. The Morgan fingerprint density at radius 3 is 2.47 bits per heavy atom. The van der Waals surface area contributed by atoms with Gasteiger partial charge in [-0.3, -0.25) is 14.8 Å². The molecule has 7 nitrogen and oxygen atoms in total. The Morgan fingerprint density at radius 1 is 1.18 bits per heavy atom. The van der Waals surface area contributed by atoms with Gasteiger partial charge in [-0.15, -0.1) is 0 Å². The van der Waals surface area contributed by atoms with Crippen LogP contribution in [0.2, 0.25) is 0 Å². The summed E-state index contributed by atoms with van der Waals surface area (Å²) in [7, 11) is 1.59. The van der Waals surface area contributed by atoms with Crippen LogP contribution in [0.15, 0.2) is 55.2 Å². The van der Waals surface area contributed by atoms with E-state index in [-0.39, 0.29) is 17.6 Å². The van der Waals surface area contributed by atoms with Crippen LogP contribution in [-0.2, 0) is 6.18 Å². The summed E-state index contributed by atoms with van der Waals surface area (Å²) in [6.45, 7) is 2.67. The Bertz CT molecular complexity index is 1100. The van der Waals surface area contributed by atoms with Crippen LogP contribution < -0.4 is 10.2 Å². The number of aryl methyl sites for hydroxylation is 1. The number of alkyl halides is 3. The highest BCUT2D eigenvalue weighted by Gasteiger charge is 2.36. The van der Waals surface area contributed by atoms with Crippen LogP contribution in [0, 0.1) is 6.92 Å². The average molecular weight is 473 g/mol. The van der Waals surface area contributed by atoms with Crippen LogP contribution in [0.4, 0.5) is 23.7 Å². The van der Waals surface area contributed by atoms with E-state index in [0.29, 0.717) is 31.5 Å². The predicted octanol–water partition coefficient (Wildman–Crippen LogP) is 4.53. The van der Waals surface area contributed by atoms with E-state index in [4.69, 9.17) is 0 Å². The molecule has 3 heterocycles. The van der Waals surface area contributed by atoms with Crippen LogP contribution in [0.1, 0.15) is 41.3 Å². The molecule has 1 saturated heterocycles. The zero-order valence-corrected chi connectivity index (χ0v) is 19.0. The third kappa shape index (κ3) is 4.91. The molecule has 1 atom stereocenters. The predicted molar refractivity (Wildman–Crippen MR) is 122 cm³/mol. The number of aromatic amines is 1. The van der Waals surface area contributed by atoms with Gasteiger partial charge in [0.05, 0.1) is 23.6 Å². The molecule has 1 unspecified atom stereocenters. The lowest BCUT2D eigenvalue weighted by molar-refractivity contribution is -0.138. The van der Waals surface area contributed by atoms with E-state index in [1.165, 1.54) is 25.4 Å². The summed E-state index contributed by atoms with van der Waals surface area (Å²) in [6, 6.07) is 7.43. The molecule has 4 rings (SSSR count). The van der Waals surface area contributed by atoms with Gasteiger partial charge in [-0.25, -0.2) is 9.78 Å². The molecule has 0 radical (unpaired) electrons.